The second-order valence-electron chi connectivity index (χ2n) is 4.91. The molecule has 5 heteroatoms. The summed E-state index contributed by atoms with van der Waals surface area (Å²) in [6.45, 7) is 4.41. The first-order valence-corrected chi connectivity index (χ1v) is 6.06. The Bertz CT molecular complexity index is 453. The van der Waals surface area contributed by atoms with Crippen LogP contribution in [0.4, 0.5) is 15.8 Å². The first-order valence-electron chi connectivity index (χ1n) is 6.06. The van der Waals surface area contributed by atoms with Crippen molar-refractivity contribution in [1.29, 1.82) is 0 Å². The Kier molecular flexibility index (Phi) is 3.45. The predicted octanol–water partition coefficient (Wildman–Crippen LogP) is 1.67. The first-order chi connectivity index (χ1) is 8.42. The molecule has 0 radical (unpaired) electrons. The summed E-state index contributed by atoms with van der Waals surface area (Å²) in [7, 11) is 0. The van der Waals surface area contributed by atoms with Crippen molar-refractivity contribution in [2.75, 3.05) is 24.2 Å². The number of aryl methyl sites for hydroxylation is 1. The molecule has 100 valence electrons. The van der Waals surface area contributed by atoms with Gasteiger partial charge in [-0.05, 0) is 31.5 Å². The zero-order valence-corrected chi connectivity index (χ0v) is 10.7. The number of anilines is 2. The number of nitrogen functional groups attached to an aromatic ring is 1. The Labute approximate surface area is 106 Å². The molecule has 4 nitrogen and oxygen atoms in total. The summed E-state index contributed by atoms with van der Waals surface area (Å²) in [6.07, 6.45) is 0.370. The average Bonchev–Trinajstić information content (AvgIpc) is 2.63. The van der Waals surface area contributed by atoms with E-state index >= 15 is 0 Å². The molecule has 1 aromatic rings. The summed E-state index contributed by atoms with van der Waals surface area (Å²) >= 11 is 0. The second-order valence-corrected chi connectivity index (χ2v) is 4.91. The minimum Gasteiger partial charge on any atom is -0.397 e. The van der Waals surface area contributed by atoms with E-state index in [1.54, 1.807) is 13.0 Å². The van der Waals surface area contributed by atoms with Gasteiger partial charge in [0.15, 0.2) is 0 Å². The summed E-state index contributed by atoms with van der Waals surface area (Å²) in [5.41, 5.74) is 6.35. The largest absolute Gasteiger partial charge is 0.397 e. The molecular weight excluding hydrogens is 235 g/mol. The molecule has 1 heterocycles. The van der Waals surface area contributed by atoms with Gasteiger partial charge in [-0.3, -0.25) is 0 Å². The molecule has 18 heavy (non-hydrogen) atoms. The normalized spacial score (nSPS) is 27.4. The van der Waals surface area contributed by atoms with Crippen molar-refractivity contribution in [1.82, 2.24) is 0 Å². The molecule has 0 amide bonds. The molecule has 4 N–H and O–H groups in total. The molecule has 0 saturated carbocycles. The first kappa shape index (κ1) is 13.1. The fourth-order valence-electron chi connectivity index (χ4n) is 2.10. The molecular formula is C13H19FN2O2. The van der Waals surface area contributed by atoms with E-state index in [1.165, 1.54) is 6.07 Å². The van der Waals surface area contributed by atoms with Crippen molar-refractivity contribution in [2.24, 2.45) is 0 Å². The number of hydrogen-bond acceptors (Lipinski definition) is 4. The highest BCUT2D eigenvalue weighted by molar-refractivity contribution is 5.67. The van der Waals surface area contributed by atoms with Crippen LogP contribution in [0.2, 0.25) is 0 Å². The van der Waals surface area contributed by atoms with E-state index in [9.17, 15) is 9.50 Å². The van der Waals surface area contributed by atoms with Gasteiger partial charge in [0.25, 0.3) is 0 Å². The van der Waals surface area contributed by atoms with Crippen LogP contribution < -0.4 is 11.1 Å². The molecule has 0 aromatic heterocycles. The number of halogens is 1. The van der Waals surface area contributed by atoms with Crippen molar-refractivity contribution in [3.8, 4) is 0 Å². The minimum atomic E-state index is -0.894. The maximum atomic E-state index is 13.3. The lowest BCUT2D eigenvalue weighted by Crippen LogP contribution is -2.43. The summed E-state index contributed by atoms with van der Waals surface area (Å²) in [5.74, 6) is -0.325. The zero-order valence-electron chi connectivity index (χ0n) is 10.7. The summed E-state index contributed by atoms with van der Waals surface area (Å²) in [5, 5.41) is 13.4. The van der Waals surface area contributed by atoms with Crippen LogP contribution in [0, 0.1) is 12.7 Å². The van der Waals surface area contributed by atoms with E-state index in [0.717, 1.165) is 0 Å². The minimum absolute atomic E-state index is 0.215. The smallest absolute Gasteiger partial charge is 0.128 e. The van der Waals surface area contributed by atoms with Crippen LogP contribution in [-0.2, 0) is 4.74 Å². The van der Waals surface area contributed by atoms with Gasteiger partial charge in [0, 0.05) is 19.6 Å². The molecule has 1 saturated heterocycles. The van der Waals surface area contributed by atoms with Gasteiger partial charge in [-0.25, -0.2) is 4.39 Å². The Hall–Kier alpha value is -1.33. The third-order valence-corrected chi connectivity index (χ3v) is 3.58. The summed E-state index contributed by atoms with van der Waals surface area (Å²) < 4.78 is 18.6. The van der Waals surface area contributed by atoms with E-state index in [4.69, 9.17) is 10.5 Å². The Balaban J connectivity index is 2.09. The number of rotatable bonds is 3. The van der Waals surface area contributed by atoms with Crippen molar-refractivity contribution >= 4 is 11.4 Å². The number of ether oxygens (including phenoxy) is 1. The van der Waals surface area contributed by atoms with Crippen molar-refractivity contribution in [3.63, 3.8) is 0 Å². The van der Waals surface area contributed by atoms with Crippen LogP contribution in [0.15, 0.2) is 12.1 Å². The Morgan fingerprint density at radius 3 is 2.94 bits per heavy atom. The highest BCUT2D eigenvalue weighted by Gasteiger charge is 2.39. The van der Waals surface area contributed by atoms with Crippen molar-refractivity contribution in [2.45, 2.75) is 32.0 Å². The number of benzene rings is 1. The molecule has 0 aliphatic carbocycles. The monoisotopic (exact) mass is 254 g/mol. The van der Waals surface area contributed by atoms with E-state index in [1.807, 2.05) is 6.92 Å². The van der Waals surface area contributed by atoms with Crippen LogP contribution in [0.5, 0.6) is 0 Å². The lowest BCUT2D eigenvalue weighted by atomic mass is 9.96. The molecule has 1 aliphatic rings. The SMILES string of the molecule is Cc1cc(NCC2(O)CCOC2C)c(N)cc1F. The second kappa shape index (κ2) is 4.74. The Morgan fingerprint density at radius 2 is 2.33 bits per heavy atom. The van der Waals surface area contributed by atoms with Crippen LogP contribution in [0.25, 0.3) is 0 Å². The van der Waals surface area contributed by atoms with Crippen molar-refractivity contribution in [3.05, 3.63) is 23.5 Å². The van der Waals surface area contributed by atoms with Crippen LogP contribution in [0.3, 0.4) is 0 Å². The molecule has 2 unspecified atom stereocenters. The van der Waals surface area contributed by atoms with Crippen molar-refractivity contribution < 1.29 is 14.2 Å². The predicted molar refractivity (Wildman–Crippen MR) is 69.0 cm³/mol. The van der Waals surface area contributed by atoms with Gasteiger partial charge < -0.3 is 20.9 Å². The topological polar surface area (TPSA) is 67.5 Å². The Morgan fingerprint density at radius 1 is 1.61 bits per heavy atom. The van der Waals surface area contributed by atoms with Gasteiger partial charge in [0.2, 0.25) is 0 Å². The van der Waals surface area contributed by atoms with E-state index < -0.39 is 5.60 Å². The molecule has 1 aromatic carbocycles. The van der Waals surface area contributed by atoms with Crippen LogP contribution >= 0.6 is 0 Å². The maximum absolute atomic E-state index is 13.3. The number of nitrogens with one attached hydrogen (secondary N) is 1. The number of aliphatic hydroxyl groups is 1. The molecule has 1 fully saturated rings. The lowest BCUT2D eigenvalue weighted by Gasteiger charge is -2.27. The zero-order chi connectivity index (χ0) is 13.3. The van der Waals surface area contributed by atoms with Gasteiger partial charge in [0.1, 0.15) is 11.4 Å². The molecule has 2 rings (SSSR count). The highest BCUT2D eigenvalue weighted by atomic mass is 19.1. The third kappa shape index (κ3) is 2.42. The number of nitrogens with two attached hydrogens (primary N) is 1. The van der Waals surface area contributed by atoms with E-state index in [0.29, 0.717) is 36.5 Å². The maximum Gasteiger partial charge on any atom is 0.128 e. The number of hydrogen-bond donors (Lipinski definition) is 3. The molecule has 0 spiro atoms. The van der Waals surface area contributed by atoms with E-state index in [2.05, 4.69) is 5.32 Å². The fraction of sp³-hybridized carbons (Fsp3) is 0.538. The standard InChI is InChI=1S/C13H19FN2O2/c1-8-5-12(11(15)6-10(8)14)16-7-13(17)3-4-18-9(13)2/h5-6,9,16-17H,3-4,7,15H2,1-2H3. The van der Waals surface area contributed by atoms with Crippen LogP contribution in [0.1, 0.15) is 18.9 Å². The van der Waals surface area contributed by atoms with Gasteiger partial charge in [-0.2, -0.15) is 0 Å². The summed E-state index contributed by atoms with van der Waals surface area (Å²) in [4.78, 5) is 0. The highest BCUT2D eigenvalue weighted by Crippen LogP contribution is 2.28. The third-order valence-electron chi connectivity index (χ3n) is 3.58. The van der Waals surface area contributed by atoms with Crippen LogP contribution in [-0.4, -0.2) is 30.0 Å². The quantitative estimate of drug-likeness (QED) is 0.718. The summed E-state index contributed by atoms with van der Waals surface area (Å²) in [6, 6.07) is 2.94. The molecule has 2 atom stereocenters. The molecule has 0 bridgehead atoms. The van der Waals surface area contributed by atoms with Gasteiger partial charge in [0.05, 0.1) is 17.5 Å². The van der Waals surface area contributed by atoms with Gasteiger partial charge >= 0.3 is 0 Å². The fourth-order valence-corrected chi connectivity index (χ4v) is 2.10. The van der Waals surface area contributed by atoms with E-state index in [-0.39, 0.29) is 11.9 Å². The lowest BCUT2D eigenvalue weighted by molar-refractivity contribution is -0.0175. The molecule has 1 aliphatic heterocycles. The van der Waals surface area contributed by atoms with Gasteiger partial charge in [-0.15, -0.1) is 0 Å². The average molecular weight is 254 g/mol. The van der Waals surface area contributed by atoms with Gasteiger partial charge in [-0.1, -0.05) is 0 Å².